The average molecular weight is 265 g/mol. The number of nitrogens with zero attached hydrogens (tertiary/aromatic N) is 2. The van der Waals surface area contributed by atoms with Crippen molar-refractivity contribution in [1.82, 2.24) is 10.1 Å². The second-order valence-electron chi connectivity index (χ2n) is 4.68. The fraction of sp³-hybridized carbons (Fsp3) is 0.385. The van der Waals surface area contributed by atoms with E-state index >= 15 is 0 Å². The van der Waals surface area contributed by atoms with Crippen LogP contribution in [0.1, 0.15) is 36.0 Å². The summed E-state index contributed by atoms with van der Waals surface area (Å²) in [6.45, 7) is 0. The highest BCUT2D eigenvalue weighted by atomic mass is 35.5. The van der Waals surface area contributed by atoms with E-state index in [-0.39, 0.29) is 12.0 Å². The number of halogens is 1. The Morgan fingerprint density at radius 2 is 2.22 bits per heavy atom. The summed E-state index contributed by atoms with van der Waals surface area (Å²) in [6, 6.07) is 7.61. The van der Waals surface area contributed by atoms with Gasteiger partial charge in [-0.15, -0.1) is 0 Å². The van der Waals surface area contributed by atoms with Gasteiger partial charge in [-0.1, -0.05) is 28.9 Å². The molecule has 0 atom stereocenters. The van der Waals surface area contributed by atoms with Gasteiger partial charge in [0.05, 0.1) is 6.10 Å². The van der Waals surface area contributed by atoms with Crippen LogP contribution in [-0.2, 0) is 6.42 Å². The normalized spacial score (nSPS) is 22.8. The molecule has 4 nitrogen and oxygen atoms in total. The summed E-state index contributed by atoms with van der Waals surface area (Å²) in [7, 11) is 0. The summed E-state index contributed by atoms with van der Waals surface area (Å²) in [5.41, 5.74) is 1.06. The molecule has 1 aromatic carbocycles. The molecule has 3 rings (SSSR count). The zero-order chi connectivity index (χ0) is 12.5. The topological polar surface area (TPSA) is 59.2 Å². The minimum absolute atomic E-state index is 0.210. The first-order valence-electron chi connectivity index (χ1n) is 5.95. The number of aliphatic hydroxyl groups excluding tert-OH is 1. The molecule has 0 saturated heterocycles. The van der Waals surface area contributed by atoms with Gasteiger partial charge in [0.2, 0.25) is 5.89 Å². The molecule has 94 valence electrons. The van der Waals surface area contributed by atoms with Crippen LogP contribution in [0.15, 0.2) is 28.8 Å². The second kappa shape index (κ2) is 4.71. The van der Waals surface area contributed by atoms with Gasteiger partial charge in [0.1, 0.15) is 0 Å². The number of hydrogen-bond donors (Lipinski definition) is 1. The molecule has 0 bridgehead atoms. The van der Waals surface area contributed by atoms with Crippen molar-refractivity contribution in [2.75, 3.05) is 0 Å². The van der Waals surface area contributed by atoms with E-state index in [0.717, 1.165) is 18.4 Å². The van der Waals surface area contributed by atoms with Crippen LogP contribution in [0.25, 0.3) is 0 Å². The lowest BCUT2D eigenvalue weighted by atomic mass is 9.82. The number of benzene rings is 1. The van der Waals surface area contributed by atoms with E-state index in [0.29, 0.717) is 23.2 Å². The number of rotatable bonds is 3. The summed E-state index contributed by atoms with van der Waals surface area (Å²) >= 11 is 5.92. The Bertz CT molecular complexity index is 549. The zero-order valence-electron chi connectivity index (χ0n) is 9.71. The molecule has 0 unspecified atom stereocenters. The molecule has 1 N–H and O–H groups in total. The molecule has 1 aliphatic rings. The van der Waals surface area contributed by atoms with Gasteiger partial charge < -0.3 is 9.63 Å². The Balaban J connectivity index is 1.70. The molecule has 5 heteroatoms. The van der Waals surface area contributed by atoms with E-state index in [1.807, 2.05) is 24.3 Å². The summed E-state index contributed by atoms with van der Waals surface area (Å²) in [4.78, 5) is 4.36. The van der Waals surface area contributed by atoms with Gasteiger partial charge in [-0.2, -0.15) is 4.98 Å². The third-order valence-electron chi connectivity index (χ3n) is 3.20. The van der Waals surface area contributed by atoms with Crippen molar-refractivity contribution in [2.24, 2.45) is 0 Å². The lowest BCUT2D eigenvalue weighted by Gasteiger charge is -2.27. The Hall–Kier alpha value is -1.39. The molecule has 0 spiro atoms. The van der Waals surface area contributed by atoms with Crippen molar-refractivity contribution < 1.29 is 9.63 Å². The van der Waals surface area contributed by atoms with Crippen LogP contribution >= 0.6 is 11.6 Å². The van der Waals surface area contributed by atoms with Gasteiger partial charge in [0.25, 0.3) is 0 Å². The van der Waals surface area contributed by atoms with Crippen LogP contribution in [0.3, 0.4) is 0 Å². The number of hydrogen-bond acceptors (Lipinski definition) is 4. The van der Waals surface area contributed by atoms with Crippen molar-refractivity contribution >= 4 is 11.6 Å². The van der Waals surface area contributed by atoms with E-state index < -0.39 is 0 Å². The van der Waals surface area contributed by atoms with E-state index in [4.69, 9.17) is 16.1 Å². The quantitative estimate of drug-likeness (QED) is 0.926. The van der Waals surface area contributed by atoms with Crippen LogP contribution in [0.2, 0.25) is 5.02 Å². The van der Waals surface area contributed by atoms with E-state index in [1.54, 1.807) is 0 Å². The van der Waals surface area contributed by atoms with Gasteiger partial charge in [-0.05, 0) is 30.5 Å². The van der Waals surface area contributed by atoms with Crippen molar-refractivity contribution in [2.45, 2.75) is 31.3 Å². The Morgan fingerprint density at radius 3 is 2.94 bits per heavy atom. The van der Waals surface area contributed by atoms with E-state index in [9.17, 15) is 5.11 Å². The monoisotopic (exact) mass is 264 g/mol. The van der Waals surface area contributed by atoms with Gasteiger partial charge in [0.15, 0.2) is 5.82 Å². The minimum atomic E-state index is -0.210. The fourth-order valence-electron chi connectivity index (χ4n) is 2.12. The molecule has 1 heterocycles. The van der Waals surface area contributed by atoms with Crippen molar-refractivity contribution in [3.8, 4) is 0 Å². The van der Waals surface area contributed by atoms with Crippen molar-refractivity contribution in [3.05, 3.63) is 46.6 Å². The first kappa shape index (κ1) is 11.7. The van der Waals surface area contributed by atoms with Crippen LogP contribution in [0, 0.1) is 0 Å². The highest BCUT2D eigenvalue weighted by molar-refractivity contribution is 6.30. The van der Waals surface area contributed by atoms with Crippen LogP contribution < -0.4 is 0 Å². The number of aromatic nitrogens is 2. The molecule has 1 aliphatic carbocycles. The van der Waals surface area contributed by atoms with Crippen molar-refractivity contribution in [1.29, 1.82) is 0 Å². The van der Waals surface area contributed by atoms with Gasteiger partial charge in [0, 0.05) is 17.4 Å². The predicted octanol–water partition coefficient (Wildman–Crippen LogP) is 2.55. The largest absolute Gasteiger partial charge is 0.393 e. The van der Waals surface area contributed by atoms with Crippen molar-refractivity contribution in [3.63, 3.8) is 0 Å². The first-order valence-corrected chi connectivity index (χ1v) is 6.33. The zero-order valence-corrected chi connectivity index (χ0v) is 10.5. The molecule has 0 radical (unpaired) electrons. The maximum Gasteiger partial charge on any atom is 0.229 e. The molecule has 1 aromatic heterocycles. The molecular weight excluding hydrogens is 252 g/mol. The second-order valence-corrected chi connectivity index (χ2v) is 5.11. The third kappa shape index (κ3) is 2.40. The Morgan fingerprint density at radius 1 is 1.39 bits per heavy atom. The molecular formula is C13H13ClN2O2. The van der Waals surface area contributed by atoms with E-state index in [2.05, 4.69) is 10.1 Å². The predicted molar refractivity (Wildman–Crippen MR) is 66.5 cm³/mol. The van der Waals surface area contributed by atoms with Crippen LogP contribution in [-0.4, -0.2) is 21.4 Å². The molecule has 1 fully saturated rings. The minimum Gasteiger partial charge on any atom is -0.393 e. The summed E-state index contributed by atoms with van der Waals surface area (Å²) in [5.74, 6) is 1.52. The van der Waals surface area contributed by atoms with Crippen LogP contribution in [0.4, 0.5) is 0 Å². The highest BCUT2D eigenvalue weighted by Crippen LogP contribution is 2.35. The van der Waals surface area contributed by atoms with Gasteiger partial charge >= 0.3 is 0 Å². The fourth-order valence-corrected chi connectivity index (χ4v) is 2.34. The maximum absolute atomic E-state index is 9.25. The van der Waals surface area contributed by atoms with Gasteiger partial charge in [-0.25, -0.2) is 0 Å². The lowest BCUT2D eigenvalue weighted by molar-refractivity contribution is 0.0625. The molecule has 1 saturated carbocycles. The lowest BCUT2D eigenvalue weighted by Crippen LogP contribution is -2.26. The summed E-state index contributed by atoms with van der Waals surface area (Å²) in [6.07, 6.45) is 1.84. The summed E-state index contributed by atoms with van der Waals surface area (Å²) in [5, 5.41) is 13.9. The standard InChI is InChI=1S/C13H13ClN2O2/c14-10-3-1-2-8(4-10)5-12-15-13(18-16-12)9-6-11(17)7-9/h1-4,9,11,17H,5-7H2. The van der Waals surface area contributed by atoms with E-state index in [1.165, 1.54) is 0 Å². The highest BCUT2D eigenvalue weighted by Gasteiger charge is 2.32. The Labute approximate surface area is 110 Å². The smallest absolute Gasteiger partial charge is 0.229 e. The molecule has 2 aromatic rings. The SMILES string of the molecule is OC1CC(c2nc(Cc3cccc(Cl)c3)no2)C1. The molecule has 18 heavy (non-hydrogen) atoms. The first-order chi connectivity index (χ1) is 8.70. The number of aliphatic hydroxyl groups is 1. The van der Waals surface area contributed by atoms with Crippen LogP contribution in [0.5, 0.6) is 0 Å². The maximum atomic E-state index is 9.25. The average Bonchev–Trinajstić information content (AvgIpc) is 2.73. The Kier molecular flexibility index (Phi) is 3.06. The molecule has 0 aliphatic heterocycles. The summed E-state index contributed by atoms with van der Waals surface area (Å²) < 4.78 is 5.21. The molecule has 0 amide bonds. The third-order valence-corrected chi connectivity index (χ3v) is 3.43. The van der Waals surface area contributed by atoms with Gasteiger partial charge in [-0.3, -0.25) is 0 Å².